The van der Waals surface area contributed by atoms with Crippen molar-refractivity contribution >= 4 is 0 Å². The molecule has 20 heavy (non-hydrogen) atoms. The maximum absolute atomic E-state index is 12.9. The number of rotatable bonds is 7. The zero-order chi connectivity index (χ0) is 15.2. The van der Waals surface area contributed by atoms with Gasteiger partial charge in [-0.25, -0.2) is 8.78 Å². The summed E-state index contributed by atoms with van der Waals surface area (Å²) in [6.07, 6.45) is -6.85. The smallest absolute Gasteiger partial charge is 0.375 e. The van der Waals surface area contributed by atoms with Gasteiger partial charge in [0.1, 0.15) is 6.61 Å². The zero-order valence-corrected chi connectivity index (χ0v) is 10.9. The van der Waals surface area contributed by atoms with E-state index in [4.69, 9.17) is 4.74 Å². The van der Waals surface area contributed by atoms with E-state index in [0.717, 1.165) is 6.07 Å². The molecule has 1 aromatic carbocycles. The predicted octanol–water partition coefficient (Wildman–Crippen LogP) is 3.64. The normalized spacial score (nSPS) is 13.8. The lowest BCUT2D eigenvalue weighted by Crippen LogP contribution is -2.22. The van der Waals surface area contributed by atoms with Gasteiger partial charge in [-0.05, 0) is 25.1 Å². The molecule has 2 nitrogen and oxygen atoms in total. The molecule has 114 valence electrons. The molecule has 0 aliphatic heterocycles. The number of hydrogen-bond acceptors (Lipinski definition) is 2. The van der Waals surface area contributed by atoms with Crippen LogP contribution in [0.4, 0.5) is 22.0 Å². The maximum Gasteiger partial charge on any atom is 0.416 e. The second-order valence-corrected chi connectivity index (χ2v) is 4.18. The fraction of sp³-hybridized carbons (Fsp3) is 0.538. The number of alkyl halides is 5. The quantitative estimate of drug-likeness (QED) is 0.613. The highest BCUT2D eigenvalue weighted by Gasteiger charge is 2.34. The number of halogens is 5. The first-order valence-corrected chi connectivity index (χ1v) is 6.05. The SMILES string of the molecule is CNC(CCOCC(F)F)c1ccccc1C(F)(F)F. The van der Waals surface area contributed by atoms with E-state index in [1.54, 1.807) is 0 Å². The van der Waals surface area contributed by atoms with Gasteiger partial charge in [0.05, 0.1) is 5.56 Å². The summed E-state index contributed by atoms with van der Waals surface area (Å²) in [6, 6.07) is 4.59. The van der Waals surface area contributed by atoms with Crippen LogP contribution in [0.1, 0.15) is 23.6 Å². The van der Waals surface area contributed by atoms with Gasteiger partial charge in [-0.1, -0.05) is 18.2 Å². The van der Waals surface area contributed by atoms with Gasteiger partial charge in [0, 0.05) is 12.6 Å². The molecule has 1 aromatic rings. The highest BCUT2D eigenvalue weighted by atomic mass is 19.4. The number of nitrogens with one attached hydrogen (secondary N) is 1. The predicted molar refractivity (Wildman–Crippen MR) is 64.7 cm³/mol. The molecule has 0 amide bonds. The average Bonchev–Trinajstić information content (AvgIpc) is 2.37. The molecule has 0 saturated heterocycles. The first kappa shape index (κ1) is 16.8. The van der Waals surface area contributed by atoms with Gasteiger partial charge in [0.25, 0.3) is 6.43 Å². The Morgan fingerprint density at radius 1 is 1.20 bits per heavy atom. The Labute approximate surface area is 113 Å². The van der Waals surface area contributed by atoms with E-state index in [9.17, 15) is 22.0 Å². The van der Waals surface area contributed by atoms with Crippen molar-refractivity contribution < 1.29 is 26.7 Å². The van der Waals surface area contributed by atoms with Crippen LogP contribution in [-0.2, 0) is 10.9 Å². The summed E-state index contributed by atoms with van der Waals surface area (Å²) >= 11 is 0. The van der Waals surface area contributed by atoms with Crippen LogP contribution in [0.2, 0.25) is 0 Å². The van der Waals surface area contributed by atoms with Gasteiger partial charge < -0.3 is 10.1 Å². The Morgan fingerprint density at radius 3 is 2.40 bits per heavy atom. The van der Waals surface area contributed by atoms with E-state index in [-0.39, 0.29) is 18.6 Å². The van der Waals surface area contributed by atoms with E-state index >= 15 is 0 Å². The first-order valence-electron chi connectivity index (χ1n) is 6.05. The van der Waals surface area contributed by atoms with Crippen LogP contribution in [0.3, 0.4) is 0 Å². The summed E-state index contributed by atoms with van der Waals surface area (Å²) in [4.78, 5) is 0. The second-order valence-electron chi connectivity index (χ2n) is 4.18. The van der Waals surface area contributed by atoms with Crippen molar-refractivity contribution in [2.45, 2.75) is 25.1 Å². The topological polar surface area (TPSA) is 21.3 Å². The van der Waals surface area contributed by atoms with Crippen LogP contribution in [-0.4, -0.2) is 26.7 Å². The molecule has 0 aliphatic carbocycles. The van der Waals surface area contributed by atoms with Crippen molar-refractivity contribution in [3.8, 4) is 0 Å². The Kier molecular flexibility index (Phi) is 6.35. The van der Waals surface area contributed by atoms with Crippen LogP contribution >= 0.6 is 0 Å². The Hall–Kier alpha value is -1.21. The maximum atomic E-state index is 12.9. The van der Waals surface area contributed by atoms with E-state index in [0.29, 0.717) is 0 Å². The molecule has 7 heteroatoms. The minimum Gasteiger partial charge on any atom is -0.375 e. The third-order valence-electron chi connectivity index (χ3n) is 2.78. The molecule has 0 aromatic heterocycles. The highest BCUT2D eigenvalue weighted by Crippen LogP contribution is 2.35. The van der Waals surface area contributed by atoms with Crippen molar-refractivity contribution in [1.29, 1.82) is 0 Å². The van der Waals surface area contributed by atoms with Gasteiger partial charge in [0.2, 0.25) is 0 Å². The fourth-order valence-corrected chi connectivity index (χ4v) is 1.89. The Balaban J connectivity index is 2.75. The standard InChI is InChI=1S/C13H16F5NO/c1-19-11(6-7-20-8-12(14)15)9-4-2-3-5-10(9)13(16,17)18/h2-5,11-12,19H,6-8H2,1H3. The van der Waals surface area contributed by atoms with Gasteiger partial charge >= 0.3 is 6.18 Å². The molecule has 0 radical (unpaired) electrons. The van der Waals surface area contributed by atoms with E-state index in [2.05, 4.69) is 5.32 Å². The number of benzene rings is 1. The lowest BCUT2D eigenvalue weighted by atomic mass is 9.98. The zero-order valence-electron chi connectivity index (χ0n) is 10.9. The van der Waals surface area contributed by atoms with Gasteiger partial charge in [-0.15, -0.1) is 0 Å². The van der Waals surface area contributed by atoms with Crippen molar-refractivity contribution in [2.75, 3.05) is 20.3 Å². The van der Waals surface area contributed by atoms with Gasteiger partial charge in [-0.3, -0.25) is 0 Å². The summed E-state index contributed by atoms with van der Waals surface area (Å²) in [7, 11) is 1.52. The summed E-state index contributed by atoms with van der Waals surface area (Å²) in [6.45, 7) is -0.751. The van der Waals surface area contributed by atoms with Crippen LogP contribution in [0.25, 0.3) is 0 Å². The van der Waals surface area contributed by atoms with Gasteiger partial charge in [-0.2, -0.15) is 13.2 Å². The van der Waals surface area contributed by atoms with Crippen molar-refractivity contribution in [1.82, 2.24) is 5.32 Å². The van der Waals surface area contributed by atoms with Crippen molar-refractivity contribution in [3.63, 3.8) is 0 Å². The summed E-state index contributed by atoms with van der Waals surface area (Å²) in [5.74, 6) is 0. The minimum atomic E-state index is -4.45. The molecule has 0 fully saturated rings. The largest absolute Gasteiger partial charge is 0.416 e. The van der Waals surface area contributed by atoms with E-state index in [1.807, 2.05) is 0 Å². The van der Waals surface area contributed by atoms with Crippen LogP contribution in [0.5, 0.6) is 0 Å². The molecule has 0 spiro atoms. The number of ether oxygens (including phenoxy) is 1. The monoisotopic (exact) mass is 297 g/mol. The molecule has 0 saturated carbocycles. The lowest BCUT2D eigenvalue weighted by molar-refractivity contribution is -0.138. The minimum absolute atomic E-state index is 0.0396. The second kappa shape index (κ2) is 7.54. The third kappa shape index (κ3) is 5.05. The van der Waals surface area contributed by atoms with Crippen molar-refractivity contribution in [3.05, 3.63) is 35.4 Å². The summed E-state index contributed by atoms with van der Waals surface area (Å²) in [5.41, 5.74) is -0.642. The third-order valence-corrected chi connectivity index (χ3v) is 2.78. The molecule has 1 atom stereocenters. The molecule has 0 heterocycles. The average molecular weight is 297 g/mol. The summed E-state index contributed by atoms with van der Waals surface area (Å²) < 4.78 is 67.1. The lowest BCUT2D eigenvalue weighted by Gasteiger charge is -2.21. The molecule has 0 aliphatic rings. The van der Waals surface area contributed by atoms with Gasteiger partial charge in [0.15, 0.2) is 0 Å². The molecule has 1 N–H and O–H groups in total. The summed E-state index contributed by atoms with van der Waals surface area (Å²) in [5, 5.41) is 2.75. The molecular weight excluding hydrogens is 281 g/mol. The van der Waals surface area contributed by atoms with E-state index < -0.39 is 30.8 Å². The van der Waals surface area contributed by atoms with Crippen LogP contribution in [0.15, 0.2) is 24.3 Å². The Bertz CT molecular complexity index is 408. The van der Waals surface area contributed by atoms with Crippen molar-refractivity contribution in [2.24, 2.45) is 0 Å². The van der Waals surface area contributed by atoms with Crippen LogP contribution < -0.4 is 5.32 Å². The number of hydrogen-bond donors (Lipinski definition) is 1. The fourth-order valence-electron chi connectivity index (χ4n) is 1.89. The first-order chi connectivity index (χ1) is 9.36. The van der Waals surface area contributed by atoms with Crippen LogP contribution in [0, 0.1) is 0 Å². The molecule has 0 bridgehead atoms. The molecular formula is C13H16F5NO. The molecule has 1 unspecified atom stereocenters. The highest BCUT2D eigenvalue weighted by molar-refractivity contribution is 5.32. The molecule has 1 rings (SSSR count). The van der Waals surface area contributed by atoms with E-state index in [1.165, 1.54) is 25.2 Å². The Morgan fingerprint density at radius 2 is 1.85 bits per heavy atom.